The quantitative estimate of drug-likeness (QED) is 0.275. The van der Waals surface area contributed by atoms with Gasteiger partial charge in [0.25, 0.3) is 0 Å². The van der Waals surface area contributed by atoms with Crippen LogP contribution in [0.15, 0.2) is 25.0 Å². The fourth-order valence-corrected chi connectivity index (χ4v) is 1.15. The first-order chi connectivity index (χ1) is 8.36. The van der Waals surface area contributed by atoms with Gasteiger partial charge in [-0.2, -0.15) is 0 Å². The number of hydrogen-bond acceptors (Lipinski definition) is 5. The van der Waals surface area contributed by atoms with Crippen LogP contribution in [0.2, 0.25) is 0 Å². The molecule has 0 aromatic heterocycles. The van der Waals surface area contributed by atoms with Crippen molar-refractivity contribution < 1.29 is 23.7 Å². The zero-order valence-corrected chi connectivity index (χ0v) is 11.5. The maximum Gasteiger partial charge on any atom is 0.333 e. The number of carbonyl (C=O) groups excluding carboxylic acids is 1. The molecule has 18 heavy (non-hydrogen) atoms. The summed E-state index contributed by atoms with van der Waals surface area (Å²) in [6.45, 7) is 13.9. The van der Waals surface area contributed by atoms with Crippen LogP contribution in [0, 0.1) is 0 Å². The van der Waals surface area contributed by atoms with Crippen LogP contribution in [0.4, 0.5) is 0 Å². The van der Waals surface area contributed by atoms with Crippen LogP contribution in [-0.2, 0) is 23.7 Å². The van der Waals surface area contributed by atoms with Crippen molar-refractivity contribution in [1.82, 2.24) is 0 Å². The summed E-state index contributed by atoms with van der Waals surface area (Å²) in [5.41, 5.74) is 0.361. The molecule has 0 aliphatic carbocycles. The first kappa shape index (κ1) is 16.7. The van der Waals surface area contributed by atoms with E-state index in [0.717, 1.165) is 0 Å². The molecule has 0 saturated carbocycles. The number of esters is 1. The van der Waals surface area contributed by atoms with Gasteiger partial charge < -0.3 is 18.9 Å². The van der Waals surface area contributed by atoms with Crippen LogP contribution in [-0.4, -0.2) is 31.3 Å². The van der Waals surface area contributed by atoms with Gasteiger partial charge in [-0.25, -0.2) is 4.79 Å². The largest absolute Gasteiger partial charge is 0.473 e. The first-order valence-electron chi connectivity index (χ1n) is 5.76. The van der Waals surface area contributed by atoms with Gasteiger partial charge in [0.15, 0.2) is 12.6 Å². The molecule has 0 heterocycles. The summed E-state index contributed by atoms with van der Waals surface area (Å²) in [4.78, 5) is 11.2. The molecular formula is C13H22O5. The molecule has 3 unspecified atom stereocenters. The van der Waals surface area contributed by atoms with E-state index >= 15 is 0 Å². The lowest BCUT2D eigenvalue weighted by molar-refractivity contribution is -0.233. The summed E-state index contributed by atoms with van der Waals surface area (Å²) in [5, 5.41) is 0. The maximum atomic E-state index is 11.2. The van der Waals surface area contributed by atoms with Crippen molar-refractivity contribution in [3.63, 3.8) is 0 Å². The van der Waals surface area contributed by atoms with Crippen molar-refractivity contribution in [1.29, 1.82) is 0 Å². The van der Waals surface area contributed by atoms with Crippen molar-refractivity contribution in [2.45, 2.75) is 46.4 Å². The second kappa shape index (κ2) is 8.72. The normalized spacial score (nSPS) is 15.3. The van der Waals surface area contributed by atoms with Gasteiger partial charge in [-0.05, 0) is 27.7 Å². The highest BCUT2D eigenvalue weighted by molar-refractivity contribution is 5.86. The molecule has 0 spiro atoms. The zero-order chi connectivity index (χ0) is 14.1. The highest BCUT2D eigenvalue weighted by Crippen LogP contribution is 2.06. The lowest BCUT2D eigenvalue weighted by Crippen LogP contribution is -2.28. The summed E-state index contributed by atoms with van der Waals surface area (Å²) in [6, 6.07) is 0. The summed E-state index contributed by atoms with van der Waals surface area (Å²) in [6.07, 6.45) is 0.107. The Morgan fingerprint density at radius 1 is 1.22 bits per heavy atom. The average molecular weight is 258 g/mol. The Kier molecular flexibility index (Phi) is 8.07. The standard InChI is InChI=1S/C13H22O5/c1-7-15-11(5)18-12(6)17-10(4)8-16-13(14)9(2)3/h7,10-12H,1-2,8H2,3-6H3. The van der Waals surface area contributed by atoms with E-state index in [1.807, 2.05) is 0 Å². The molecule has 0 bridgehead atoms. The molecule has 0 aromatic rings. The monoisotopic (exact) mass is 258 g/mol. The Labute approximate surface area is 108 Å². The molecule has 0 saturated heterocycles. The molecule has 0 fully saturated rings. The Morgan fingerprint density at radius 3 is 2.33 bits per heavy atom. The molecule has 0 amide bonds. The number of ether oxygens (including phenoxy) is 4. The summed E-state index contributed by atoms with van der Waals surface area (Å²) in [7, 11) is 0. The number of carbonyl (C=O) groups is 1. The summed E-state index contributed by atoms with van der Waals surface area (Å²) < 4.78 is 20.7. The van der Waals surface area contributed by atoms with Gasteiger partial charge in [0.1, 0.15) is 6.61 Å². The molecule has 0 aliphatic rings. The zero-order valence-electron chi connectivity index (χ0n) is 11.5. The Hall–Kier alpha value is -1.33. The van der Waals surface area contributed by atoms with Crippen molar-refractivity contribution >= 4 is 5.97 Å². The molecule has 0 aromatic carbocycles. The molecule has 0 N–H and O–H groups in total. The molecule has 3 atom stereocenters. The van der Waals surface area contributed by atoms with E-state index in [4.69, 9.17) is 18.9 Å². The number of rotatable bonds is 9. The van der Waals surface area contributed by atoms with Crippen LogP contribution in [0.5, 0.6) is 0 Å². The van der Waals surface area contributed by atoms with Gasteiger partial charge >= 0.3 is 5.97 Å². The molecule has 104 valence electrons. The molecule has 5 nitrogen and oxygen atoms in total. The lowest BCUT2D eigenvalue weighted by atomic mass is 10.3. The Balaban J connectivity index is 3.86. The minimum absolute atomic E-state index is 0.149. The average Bonchev–Trinajstić information content (AvgIpc) is 2.25. The van der Waals surface area contributed by atoms with Gasteiger partial charge in [0, 0.05) is 5.57 Å². The molecule has 0 rings (SSSR count). The SMILES string of the molecule is C=COC(C)OC(C)OC(C)COC(=O)C(=C)C. The predicted molar refractivity (Wildman–Crippen MR) is 67.6 cm³/mol. The van der Waals surface area contributed by atoms with Crippen LogP contribution >= 0.6 is 0 Å². The highest BCUT2D eigenvalue weighted by atomic mass is 16.8. The van der Waals surface area contributed by atoms with E-state index in [9.17, 15) is 4.79 Å². The summed E-state index contributed by atoms with van der Waals surface area (Å²) in [5.74, 6) is -0.428. The maximum absolute atomic E-state index is 11.2. The van der Waals surface area contributed by atoms with Gasteiger partial charge in [0.05, 0.1) is 12.4 Å². The van der Waals surface area contributed by atoms with Crippen molar-refractivity contribution in [3.05, 3.63) is 25.0 Å². The lowest BCUT2D eigenvalue weighted by Gasteiger charge is -2.22. The van der Waals surface area contributed by atoms with Crippen molar-refractivity contribution in [2.24, 2.45) is 0 Å². The predicted octanol–water partition coefficient (Wildman–Crippen LogP) is 2.38. The second-order valence-corrected chi connectivity index (χ2v) is 3.90. The minimum atomic E-state index is -0.474. The smallest absolute Gasteiger partial charge is 0.333 e. The number of hydrogen-bond donors (Lipinski definition) is 0. The van der Waals surface area contributed by atoms with Gasteiger partial charge in [-0.3, -0.25) is 0 Å². The van der Waals surface area contributed by atoms with Gasteiger partial charge in [0.2, 0.25) is 0 Å². The van der Waals surface area contributed by atoms with Crippen LogP contribution in [0.3, 0.4) is 0 Å². The third-order valence-corrected chi connectivity index (χ3v) is 1.89. The van der Waals surface area contributed by atoms with Crippen molar-refractivity contribution in [3.8, 4) is 0 Å². The van der Waals surface area contributed by atoms with E-state index in [-0.39, 0.29) is 12.7 Å². The molecule has 0 radical (unpaired) electrons. The third-order valence-electron chi connectivity index (χ3n) is 1.89. The van der Waals surface area contributed by atoms with E-state index in [1.54, 1.807) is 27.7 Å². The fraction of sp³-hybridized carbons (Fsp3) is 0.615. The topological polar surface area (TPSA) is 54.0 Å². The second-order valence-electron chi connectivity index (χ2n) is 3.90. The van der Waals surface area contributed by atoms with Crippen LogP contribution in [0.1, 0.15) is 27.7 Å². The van der Waals surface area contributed by atoms with E-state index in [1.165, 1.54) is 6.26 Å². The molecular weight excluding hydrogens is 236 g/mol. The molecule has 0 aliphatic heterocycles. The Morgan fingerprint density at radius 2 is 1.83 bits per heavy atom. The first-order valence-corrected chi connectivity index (χ1v) is 5.76. The van der Waals surface area contributed by atoms with Crippen LogP contribution < -0.4 is 0 Å². The van der Waals surface area contributed by atoms with Crippen molar-refractivity contribution in [2.75, 3.05) is 6.61 Å². The van der Waals surface area contributed by atoms with Gasteiger partial charge in [-0.15, -0.1) is 0 Å². The summed E-state index contributed by atoms with van der Waals surface area (Å²) >= 11 is 0. The highest BCUT2D eigenvalue weighted by Gasteiger charge is 2.14. The molecule has 5 heteroatoms. The van der Waals surface area contributed by atoms with E-state index in [0.29, 0.717) is 5.57 Å². The van der Waals surface area contributed by atoms with Gasteiger partial charge in [-0.1, -0.05) is 13.2 Å². The van der Waals surface area contributed by atoms with E-state index < -0.39 is 18.5 Å². The van der Waals surface area contributed by atoms with Crippen LogP contribution in [0.25, 0.3) is 0 Å². The minimum Gasteiger partial charge on any atom is -0.473 e. The van der Waals surface area contributed by atoms with E-state index in [2.05, 4.69) is 13.2 Å². The third kappa shape index (κ3) is 7.86. The Bertz CT molecular complexity index is 287. The fourth-order valence-electron chi connectivity index (χ4n) is 1.15.